The first-order valence-electron chi connectivity index (χ1n) is 14.0. The van der Waals surface area contributed by atoms with Crippen molar-refractivity contribution < 1.29 is 9.53 Å². The molecule has 42 heavy (non-hydrogen) atoms. The maximum atomic E-state index is 13.3. The summed E-state index contributed by atoms with van der Waals surface area (Å²) in [6, 6.07) is 29.9. The number of carbonyl (C=O) groups is 1. The Morgan fingerprint density at radius 1 is 1.00 bits per heavy atom. The molecule has 0 saturated carbocycles. The normalized spacial score (nSPS) is 16.5. The van der Waals surface area contributed by atoms with E-state index in [0.717, 1.165) is 50.5 Å². The van der Waals surface area contributed by atoms with Gasteiger partial charge in [-0.3, -0.25) is 9.78 Å². The first-order valence-corrected chi connectivity index (χ1v) is 14.4. The van der Waals surface area contributed by atoms with Crippen LogP contribution in [0.4, 0.5) is 5.69 Å². The zero-order chi connectivity index (χ0) is 29.2. The van der Waals surface area contributed by atoms with Gasteiger partial charge < -0.3 is 24.8 Å². The highest BCUT2D eigenvalue weighted by atomic mass is 32.1. The van der Waals surface area contributed by atoms with Gasteiger partial charge in [0, 0.05) is 53.4 Å². The van der Waals surface area contributed by atoms with Crippen molar-refractivity contribution in [3.05, 3.63) is 120 Å². The number of hydrogen-bond donors (Lipinski definition) is 2. The summed E-state index contributed by atoms with van der Waals surface area (Å²) in [5.74, 6) is 0.742. The molecule has 1 aliphatic heterocycles. The highest BCUT2D eigenvalue weighted by Crippen LogP contribution is 2.41. The lowest BCUT2D eigenvalue weighted by Crippen LogP contribution is -2.33. The summed E-state index contributed by atoms with van der Waals surface area (Å²) in [5, 5.41) is 9.35. The van der Waals surface area contributed by atoms with Gasteiger partial charge in [0.05, 0.1) is 24.9 Å². The molecule has 1 fully saturated rings. The van der Waals surface area contributed by atoms with E-state index in [1.165, 1.54) is 0 Å². The number of nitrogens with zero attached hydrogens (tertiary/aromatic N) is 3. The highest BCUT2D eigenvalue weighted by molar-refractivity contribution is 7.80. The van der Waals surface area contributed by atoms with Crippen LogP contribution in [0.15, 0.2) is 97.2 Å². The monoisotopic (exact) mass is 575 g/mol. The number of benzene rings is 3. The molecule has 0 radical (unpaired) electrons. The molecule has 1 amide bonds. The van der Waals surface area contributed by atoms with E-state index in [2.05, 4.69) is 51.1 Å². The van der Waals surface area contributed by atoms with E-state index in [1.807, 2.05) is 78.9 Å². The van der Waals surface area contributed by atoms with E-state index in [9.17, 15) is 4.79 Å². The molecule has 2 N–H and O–H groups in total. The fourth-order valence-electron chi connectivity index (χ4n) is 5.99. The summed E-state index contributed by atoms with van der Waals surface area (Å²) in [7, 11) is 1.68. The minimum Gasteiger partial charge on any atom is -0.497 e. The molecule has 2 unspecified atom stereocenters. The fourth-order valence-corrected chi connectivity index (χ4v) is 6.32. The third kappa shape index (κ3) is 5.21. The molecule has 2 aromatic heterocycles. The number of aryl methyl sites for hydroxylation is 1. The lowest BCUT2D eigenvalue weighted by molar-refractivity contribution is -0.116. The third-order valence-electron chi connectivity index (χ3n) is 7.94. The Morgan fingerprint density at radius 2 is 1.79 bits per heavy atom. The SMILES string of the molecule is COc1cccc(-n2c(C)cc(C3C(c4ccccn4)NC(=S)N3CCC(=O)Nc3cccc4ccccc34)c2C)c1. The second-order valence-corrected chi connectivity index (χ2v) is 10.9. The molecule has 1 saturated heterocycles. The Kier molecular flexibility index (Phi) is 7.63. The average molecular weight is 576 g/mol. The van der Waals surface area contributed by atoms with Gasteiger partial charge in [-0.25, -0.2) is 0 Å². The maximum Gasteiger partial charge on any atom is 0.226 e. The molecule has 3 heterocycles. The van der Waals surface area contributed by atoms with Crippen LogP contribution < -0.4 is 15.4 Å². The first kappa shape index (κ1) is 27.5. The molecule has 8 heteroatoms. The third-order valence-corrected chi connectivity index (χ3v) is 8.29. The molecule has 7 nitrogen and oxygen atoms in total. The molecule has 0 spiro atoms. The molecule has 0 aliphatic carbocycles. The van der Waals surface area contributed by atoms with Gasteiger partial charge in [-0.2, -0.15) is 0 Å². The maximum absolute atomic E-state index is 13.3. The van der Waals surface area contributed by atoms with Crippen LogP contribution in [0.25, 0.3) is 16.5 Å². The number of anilines is 1. The minimum atomic E-state index is -0.168. The van der Waals surface area contributed by atoms with Crippen LogP contribution in [-0.2, 0) is 4.79 Å². The summed E-state index contributed by atoms with van der Waals surface area (Å²) in [4.78, 5) is 20.1. The van der Waals surface area contributed by atoms with Crippen LogP contribution in [0.1, 0.15) is 41.1 Å². The van der Waals surface area contributed by atoms with Gasteiger partial charge in [-0.15, -0.1) is 0 Å². The van der Waals surface area contributed by atoms with Crippen molar-refractivity contribution in [2.24, 2.45) is 0 Å². The van der Waals surface area contributed by atoms with E-state index in [1.54, 1.807) is 13.3 Å². The van der Waals surface area contributed by atoms with E-state index >= 15 is 0 Å². The number of fused-ring (bicyclic) bond motifs is 1. The first-order chi connectivity index (χ1) is 20.4. The fraction of sp³-hybridized carbons (Fsp3) is 0.206. The van der Waals surface area contributed by atoms with Gasteiger partial charge >= 0.3 is 0 Å². The largest absolute Gasteiger partial charge is 0.497 e. The summed E-state index contributed by atoms with van der Waals surface area (Å²) in [6.45, 7) is 4.69. The van der Waals surface area contributed by atoms with Crippen molar-refractivity contribution in [1.82, 2.24) is 19.8 Å². The molecule has 5 aromatic rings. The zero-order valence-corrected chi connectivity index (χ0v) is 24.7. The number of aromatic nitrogens is 2. The minimum absolute atomic E-state index is 0.0592. The summed E-state index contributed by atoms with van der Waals surface area (Å²) in [6.07, 6.45) is 2.09. The Bertz CT molecular complexity index is 1760. The van der Waals surface area contributed by atoms with Gasteiger partial charge in [0.25, 0.3) is 0 Å². The quantitative estimate of drug-likeness (QED) is 0.202. The Morgan fingerprint density at radius 3 is 2.60 bits per heavy atom. The number of pyridine rings is 1. The van der Waals surface area contributed by atoms with Crippen LogP contribution in [0.2, 0.25) is 0 Å². The number of rotatable bonds is 8. The van der Waals surface area contributed by atoms with Gasteiger partial charge in [0.2, 0.25) is 5.91 Å². The lowest BCUT2D eigenvalue weighted by Gasteiger charge is -2.28. The Labute approximate surface area is 251 Å². The molecule has 6 rings (SSSR count). The number of hydrogen-bond acceptors (Lipinski definition) is 4. The van der Waals surface area contributed by atoms with Gasteiger partial charge in [0.15, 0.2) is 5.11 Å². The van der Waals surface area contributed by atoms with Crippen LogP contribution in [0.3, 0.4) is 0 Å². The number of amides is 1. The average Bonchev–Trinajstić information content (AvgIpc) is 3.50. The van der Waals surface area contributed by atoms with Crippen molar-refractivity contribution >= 4 is 39.7 Å². The van der Waals surface area contributed by atoms with Crippen LogP contribution in [-0.4, -0.2) is 39.1 Å². The van der Waals surface area contributed by atoms with Crippen LogP contribution in [0, 0.1) is 13.8 Å². The van der Waals surface area contributed by atoms with Gasteiger partial charge in [0.1, 0.15) is 5.75 Å². The number of carbonyl (C=O) groups excluding carboxylic acids is 1. The standard InChI is InChI=1S/C34H33N5O2S/c1-22-20-28(23(2)39(22)25-12-9-13-26(21-25)41-3)33-32(30-15-6-7-18-35-30)37-34(42)38(33)19-17-31(40)36-29-16-8-11-24-10-4-5-14-27(24)29/h4-16,18,20-21,32-33H,17,19H2,1-3H3,(H,36,40)(H,37,42). The van der Waals surface area contributed by atoms with Gasteiger partial charge in [-0.1, -0.05) is 48.5 Å². The Balaban J connectivity index is 1.31. The predicted molar refractivity (Wildman–Crippen MR) is 171 cm³/mol. The second kappa shape index (κ2) is 11.7. The van der Waals surface area contributed by atoms with Crippen molar-refractivity contribution in [2.75, 3.05) is 19.0 Å². The van der Waals surface area contributed by atoms with E-state index < -0.39 is 0 Å². The summed E-state index contributed by atoms with van der Waals surface area (Å²) >= 11 is 5.88. The summed E-state index contributed by atoms with van der Waals surface area (Å²) in [5.41, 5.74) is 6.07. The van der Waals surface area contributed by atoms with E-state index in [-0.39, 0.29) is 24.4 Å². The van der Waals surface area contributed by atoms with Gasteiger partial charge in [-0.05, 0) is 73.4 Å². The Hall–Kier alpha value is -4.69. The van der Waals surface area contributed by atoms with E-state index in [0.29, 0.717) is 11.7 Å². The van der Waals surface area contributed by atoms with Crippen molar-refractivity contribution in [1.29, 1.82) is 0 Å². The number of nitrogens with one attached hydrogen (secondary N) is 2. The molecule has 0 bridgehead atoms. The highest BCUT2D eigenvalue weighted by Gasteiger charge is 2.41. The molecule has 3 aromatic carbocycles. The molecule has 212 valence electrons. The number of thiocarbonyl (C=S) groups is 1. The molecule has 2 atom stereocenters. The van der Waals surface area contributed by atoms with Crippen LogP contribution >= 0.6 is 12.2 Å². The van der Waals surface area contributed by atoms with E-state index in [4.69, 9.17) is 17.0 Å². The number of methoxy groups -OCH3 is 1. The van der Waals surface area contributed by atoms with Crippen molar-refractivity contribution in [3.63, 3.8) is 0 Å². The van der Waals surface area contributed by atoms with Crippen molar-refractivity contribution in [2.45, 2.75) is 32.4 Å². The second-order valence-electron chi connectivity index (χ2n) is 10.5. The topological polar surface area (TPSA) is 71.4 Å². The molecular weight excluding hydrogens is 542 g/mol. The summed E-state index contributed by atoms with van der Waals surface area (Å²) < 4.78 is 7.73. The smallest absolute Gasteiger partial charge is 0.226 e. The molecule has 1 aliphatic rings. The number of ether oxygens (including phenoxy) is 1. The lowest BCUT2D eigenvalue weighted by atomic mass is 9.96. The predicted octanol–water partition coefficient (Wildman–Crippen LogP) is 6.65. The van der Waals surface area contributed by atoms with Crippen LogP contribution in [0.5, 0.6) is 5.75 Å². The zero-order valence-electron chi connectivity index (χ0n) is 23.9. The molecular formula is C34H33N5O2S. The van der Waals surface area contributed by atoms with Crippen molar-refractivity contribution in [3.8, 4) is 11.4 Å².